The molecule has 0 saturated carbocycles. The molecule has 1 aromatic heterocycles. The summed E-state index contributed by atoms with van der Waals surface area (Å²) in [6, 6.07) is 12.6. The Bertz CT molecular complexity index is 929. The molecule has 132 valence electrons. The molecule has 0 unspecified atom stereocenters. The first kappa shape index (κ1) is 17.7. The summed E-state index contributed by atoms with van der Waals surface area (Å²) in [5.74, 6) is 0.829. The number of aromatic nitrogens is 2. The van der Waals surface area contributed by atoms with E-state index in [0.29, 0.717) is 22.3 Å². The SMILES string of the molecule is COc1cccc(NC(=O)c2cnc(Nc3cc(Cl)ccc3C)cn2)c1. The van der Waals surface area contributed by atoms with E-state index in [1.54, 1.807) is 31.4 Å². The van der Waals surface area contributed by atoms with Gasteiger partial charge in [-0.25, -0.2) is 9.97 Å². The minimum absolute atomic E-state index is 0.209. The maximum Gasteiger partial charge on any atom is 0.275 e. The number of halogens is 1. The van der Waals surface area contributed by atoms with Crippen LogP contribution in [-0.4, -0.2) is 23.0 Å². The van der Waals surface area contributed by atoms with Crippen molar-refractivity contribution in [1.29, 1.82) is 0 Å². The molecule has 1 amide bonds. The first-order valence-electron chi connectivity index (χ1n) is 7.86. The van der Waals surface area contributed by atoms with Gasteiger partial charge in [0.25, 0.3) is 5.91 Å². The van der Waals surface area contributed by atoms with E-state index >= 15 is 0 Å². The molecule has 1 heterocycles. The summed E-state index contributed by atoms with van der Waals surface area (Å²) in [5.41, 5.74) is 2.69. The van der Waals surface area contributed by atoms with Crippen molar-refractivity contribution in [2.75, 3.05) is 17.7 Å². The van der Waals surface area contributed by atoms with Gasteiger partial charge in [0.1, 0.15) is 17.3 Å². The van der Waals surface area contributed by atoms with Crippen molar-refractivity contribution >= 4 is 34.7 Å². The molecule has 0 aliphatic rings. The van der Waals surface area contributed by atoms with Crippen LogP contribution in [-0.2, 0) is 0 Å². The van der Waals surface area contributed by atoms with E-state index in [1.165, 1.54) is 12.4 Å². The summed E-state index contributed by atoms with van der Waals surface area (Å²) in [7, 11) is 1.57. The molecule has 0 bridgehead atoms. The number of aryl methyl sites for hydroxylation is 1. The number of carbonyl (C=O) groups excluding carboxylic acids is 1. The highest BCUT2D eigenvalue weighted by Crippen LogP contribution is 2.23. The molecule has 2 aromatic carbocycles. The van der Waals surface area contributed by atoms with Gasteiger partial charge >= 0.3 is 0 Å². The highest BCUT2D eigenvalue weighted by Gasteiger charge is 2.10. The van der Waals surface area contributed by atoms with Crippen LogP contribution in [0.4, 0.5) is 17.2 Å². The molecule has 3 rings (SSSR count). The lowest BCUT2D eigenvalue weighted by Crippen LogP contribution is -2.14. The van der Waals surface area contributed by atoms with Gasteiger partial charge in [-0.2, -0.15) is 0 Å². The Morgan fingerprint density at radius 3 is 2.69 bits per heavy atom. The molecule has 3 aromatic rings. The van der Waals surface area contributed by atoms with Crippen molar-refractivity contribution in [3.05, 3.63) is 71.1 Å². The number of benzene rings is 2. The summed E-state index contributed by atoms with van der Waals surface area (Å²) >= 11 is 6.01. The van der Waals surface area contributed by atoms with Gasteiger partial charge in [-0.3, -0.25) is 4.79 Å². The third kappa shape index (κ3) is 4.29. The van der Waals surface area contributed by atoms with Crippen LogP contribution < -0.4 is 15.4 Å². The lowest BCUT2D eigenvalue weighted by Gasteiger charge is -2.10. The Kier molecular flexibility index (Phi) is 5.34. The van der Waals surface area contributed by atoms with Crippen molar-refractivity contribution < 1.29 is 9.53 Å². The molecule has 0 spiro atoms. The number of carbonyl (C=O) groups is 1. The fraction of sp³-hybridized carbons (Fsp3) is 0.105. The lowest BCUT2D eigenvalue weighted by atomic mass is 10.2. The van der Waals surface area contributed by atoms with Gasteiger partial charge in [0.15, 0.2) is 0 Å². The Balaban J connectivity index is 1.70. The van der Waals surface area contributed by atoms with Gasteiger partial charge in [-0.05, 0) is 36.8 Å². The van der Waals surface area contributed by atoms with Crippen LogP contribution in [0.3, 0.4) is 0 Å². The van der Waals surface area contributed by atoms with Crippen LogP contribution in [0.5, 0.6) is 5.75 Å². The average molecular weight is 369 g/mol. The smallest absolute Gasteiger partial charge is 0.275 e. The van der Waals surface area contributed by atoms with Gasteiger partial charge in [0.05, 0.1) is 19.5 Å². The van der Waals surface area contributed by atoms with E-state index in [1.807, 2.05) is 25.1 Å². The number of nitrogens with zero attached hydrogens (tertiary/aromatic N) is 2. The molecular formula is C19H17ClN4O2. The predicted molar refractivity (Wildman–Crippen MR) is 102 cm³/mol. The Hall–Kier alpha value is -3.12. The second-order valence-electron chi connectivity index (χ2n) is 5.56. The molecule has 0 fully saturated rings. The Labute approximate surface area is 156 Å². The monoisotopic (exact) mass is 368 g/mol. The highest BCUT2D eigenvalue weighted by atomic mass is 35.5. The molecular weight excluding hydrogens is 352 g/mol. The quantitative estimate of drug-likeness (QED) is 0.696. The van der Waals surface area contributed by atoms with Gasteiger partial charge in [0, 0.05) is 22.5 Å². The second-order valence-corrected chi connectivity index (χ2v) is 5.99. The Morgan fingerprint density at radius 2 is 1.96 bits per heavy atom. The number of hydrogen-bond acceptors (Lipinski definition) is 5. The number of amides is 1. The molecule has 6 nitrogen and oxygen atoms in total. The number of nitrogens with one attached hydrogen (secondary N) is 2. The number of rotatable bonds is 5. The van der Waals surface area contributed by atoms with E-state index in [2.05, 4.69) is 20.6 Å². The molecule has 0 radical (unpaired) electrons. The van der Waals surface area contributed by atoms with E-state index in [0.717, 1.165) is 11.3 Å². The van der Waals surface area contributed by atoms with Crippen LogP contribution in [0.15, 0.2) is 54.9 Å². The van der Waals surface area contributed by atoms with Crippen molar-refractivity contribution in [2.24, 2.45) is 0 Å². The van der Waals surface area contributed by atoms with E-state index < -0.39 is 0 Å². The third-order valence-corrected chi connectivity index (χ3v) is 3.91. The van der Waals surface area contributed by atoms with Crippen LogP contribution >= 0.6 is 11.6 Å². The zero-order chi connectivity index (χ0) is 18.5. The van der Waals surface area contributed by atoms with Crippen molar-refractivity contribution in [2.45, 2.75) is 6.92 Å². The maximum absolute atomic E-state index is 12.3. The Morgan fingerprint density at radius 1 is 1.12 bits per heavy atom. The topological polar surface area (TPSA) is 76.1 Å². The van der Waals surface area contributed by atoms with Gasteiger partial charge < -0.3 is 15.4 Å². The van der Waals surface area contributed by atoms with E-state index in [-0.39, 0.29) is 11.6 Å². The minimum atomic E-state index is -0.351. The largest absolute Gasteiger partial charge is 0.497 e. The summed E-state index contributed by atoms with van der Waals surface area (Å²) in [5, 5.41) is 6.52. The molecule has 0 aliphatic heterocycles. The van der Waals surface area contributed by atoms with Crippen molar-refractivity contribution in [3.8, 4) is 5.75 Å². The summed E-state index contributed by atoms with van der Waals surface area (Å²) in [6.07, 6.45) is 2.92. The number of ether oxygens (including phenoxy) is 1. The van der Waals surface area contributed by atoms with Gasteiger partial charge in [-0.15, -0.1) is 0 Å². The molecule has 0 saturated heterocycles. The average Bonchev–Trinajstić information content (AvgIpc) is 2.65. The lowest BCUT2D eigenvalue weighted by molar-refractivity contribution is 0.102. The highest BCUT2D eigenvalue weighted by molar-refractivity contribution is 6.30. The third-order valence-electron chi connectivity index (χ3n) is 3.67. The van der Waals surface area contributed by atoms with Crippen LogP contribution in [0.1, 0.15) is 16.1 Å². The number of hydrogen-bond donors (Lipinski definition) is 2. The summed E-state index contributed by atoms with van der Waals surface area (Å²) in [4.78, 5) is 20.7. The normalized spacial score (nSPS) is 10.3. The van der Waals surface area contributed by atoms with Crippen molar-refractivity contribution in [3.63, 3.8) is 0 Å². The van der Waals surface area contributed by atoms with Crippen LogP contribution in [0.25, 0.3) is 0 Å². The molecule has 0 aliphatic carbocycles. The standard InChI is InChI=1S/C19H17ClN4O2/c1-12-6-7-13(20)8-16(12)24-18-11-21-17(10-22-18)19(25)23-14-4-3-5-15(9-14)26-2/h3-11H,1-2H3,(H,22,24)(H,23,25). The van der Waals surface area contributed by atoms with Gasteiger partial charge in [-0.1, -0.05) is 23.7 Å². The summed E-state index contributed by atoms with van der Waals surface area (Å²) in [6.45, 7) is 1.96. The summed E-state index contributed by atoms with van der Waals surface area (Å²) < 4.78 is 5.14. The maximum atomic E-state index is 12.3. The molecule has 0 atom stereocenters. The van der Waals surface area contributed by atoms with Crippen LogP contribution in [0, 0.1) is 6.92 Å². The second kappa shape index (κ2) is 7.84. The van der Waals surface area contributed by atoms with Crippen molar-refractivity contribution in [1.82, 2.24) is 9.97 Å². The van der Waals surface area contributed by atoms with Crippen LogP contribution in [0.2, 0.25) is 5.02 Å². The van der Waals surface area contributed by atoms with E-state index in [9.17, 15) is 4.79 Å². The zero-order valence-corrected chi connectivity index (χ0v) is 15.0. The first-order valence-corrected chi connectivity index (χ1v) is 8.23. The fourth-order valence-electron chi connectivity index (χ4n) is 2.27. The predicted octanol–water partition coefficient (Wildman–Crippen LogP) is 4.44. The molecule has 7 heteroatoms. The molecule has 26 heavy (non-hydrogen) atoms. The first-order chi connectivity index (χ1) is 12.5. The number of methoxy groups -OCH3 is 1. The molecule has 2 N–H and O–H groups in total. The van der Waals surface area contributed by atoms with E-state index in [4.69, 9.17) is 16.3 Å². The zero-order valence-electron chi connectivity index (χ0n) is 14.3. The minimum Gasteiger partial charge on any atom is -0.497 e. The number of anilines is 3. The fourth-order valence-corrected chi connectivity index (χ4v) is 2.44. The van der Waals surface area contributed by atoms with Gasteiger partial charge in [0.2, 0.25) is 0 Å².